The van der Waals surface area contributed by atoms with Crippen LogP contribution < -0.4 is 0 Å². The summed E-state index contributed by atoms with van der Waals surface area (Å²) in [5, 5.41) is 9.01. The Labute approximate surface area is 51.0 Å². The predicted molar refractivity (Wildman–Crippen MR) is 35.9 cm³/mol. The molecule has 0 saturated heterocycles. The largest absolute Gasteiger partial charge is 0.512 e. The van der Waals surface area contributed by atoms with Crippen molar-refractivity contribution in [2.75, 3.05) is 0 Å². The summed E-state index contributed by atoms with van der Waals surface area (Å²) >= 11 is 0. The molecular formula is C7H14O. The lowest BCUT2D eigenvalue weighted by atomic mass is 10.2. The summed E-state index contributed by atoms with van der Waals surface area (Å²) in [5.41, 5.74) is 1.10. The van der Waals surface area contributed by atoms with Crippen LogP contribution in [0.1, 0.15) is 33.6 Å². The van der Waals surface area contributed by atoms with E-state index >= 15 is 0 Å². The van der Waals surface area contributed by atoms with Gasteiger partial charge in [-0.1, -0.05) is 13.8 Å². The monoisotopic (exact) mass is 114 g/mol. The van der Waals surface area contributed by atoms with Crippen molar-refractivity contribution in [1.82, 2.24) is 0 Å². The molecule has 1 N–H and O–H groups in total. The molecule has 0 bridgehead atoms. The summed E-state index contributed by atoms with van der Waals surface area (Å²) < 4.78 is 0. The maximum Gasteiger partial charge on any atom is 0.0908 e. The number of hydrogen-bond donors (Lipinski definition) is 1. The molecule has 0 aliphatic heterocycles. The fraction of sp³-hybridized carbons (Fsp3) is 0.714. The Morgan fingerprint density at radius 2 is 1.75 bits per heavy atom. The summed E-state index contributed by atoms with van der Waals surface area (Å²) in [7, 11) is 0. The van der Waals surface area contributed by atoms with Crippen LogP contribution in [0.15, 0.2) is 11.3 Å². The summed E-state index contributed by atoms with van der Waals surface area (Å²) in [6.45, 7) is 5.95. The van der Waals surface area contributed by atoms with Gasteiger partial charge in [-0.3, -0.25) is 0 Å². The molecule has 0 aliphatic carbocycles. The number of rotatable bonds is 2. The van der Waals surface area contributed by atoms with Crippen LogP contribution in [0.2, 0.25) is 0 Å². The Hall–Kier alpha value is -0.460. The van der Waals surface area contributed by atoms with E-state index in [9.17, 15) is 0 Å². The second-order valence-electron chi connectivity index (χ2n) is 1.93. The Balaban J connectivity index is 3.83. The maximum absolute atomic E-state index is 9.01. The average molecular weight is 114 g/mol. The Morgan fingerprint density at radius 3 is 1.88 bits per heavy atom. The van der Waals surface area contributed by atoms with E-state index in [1.54, 1.807) is 0 Å². The van der Waals surface area contributed by atoms with Gasteiger partial charge in [0, 0.05) is 6.42 Å². The Kier molecular flexibility index (Phi) is 3.33. The van der Waals surface area contributed by atoms with Crippen LogP contribution in [-0.2, 0) is 0 Å². The zero-order valence-electron chi connectivity index (χ0n) is 5.86. The first kappa shape index (κ1) is 7.54. The van der Waals surface area contributed by atoms with Gasteiger partial charge in [0.25, 0.3) is 0 Å². The number of aliphatic hydroxyl groups is 1. The van der Waals surface area contributed by atoms with Crippen LogP contribution in [0.4, 0.5) is 0 Å². The summed E-state index contributed by atoms with van der Waals surface area (Å²) in [5.74, 6) is 0.549. The van der Waals surface area contributed by atoms with Crippen molar-refractivity contribution in [2.24, 2.45) is 0 Å². The van der Waals surface area contributed by atoms with Gasteiger partial charge in [0.2, 0.25) is 0 Å². The van der Waals surface area contributed by atoms with Gasteiger partial charge in [-0.2, -0.15) is 0 Å². The van der Waals surface area contributed by atoms with Crippen LogP contribution >= 0.6 is 0 Å². The first-order valence-electron chi connectivity index (χ1n) is 3.09. The molecule has 0 atom stereocenters. The summed E-state index contributed by atoms with van der Waals surface area (Å²) in [4.78, 5) is 0. The molecule has 0 heterocycles. The normalized spacial score (nSPS) is 13.4. The van der Waals surface area contributed by atoms with E-state index in [-0.39, 0.29) is 0 Å². The highest BCUT2D eigenvalue weighted by molar-refractivity contribution is 5.02. The molecule has 48 valence electrons. The van der Waals surface area contributed by atoms with Gasteiger partial charge in [-0.15, -0.1) is 0 Å². The first-order valence-corrected chi connectivity index (χ1v) is 3.09. The fourth-order valence-corrected chi connectivity index (χ4v) is 0.506. The van der Waals surface area contributed by atoms with Crippen molar-refractivity contribution in [3.8, 4) is 0 Å². The third-order valence-corrected chi connectivity index (χ3v) is 1.36. The molecule has 0 unspecified atom stereocenters. The van der Waals surface area contributed by atoms with Gasteiger partial charge in [0.1, 0.15) is 0 Å². The Bertz CT molecular complexity index is 80.6. The van der Waals surface area contributed by atoms with Crippen molar-refractivity contribution in [3.63, 3.8) is 0 Å². The molecule has 0 amide bonds. The molecule has 1 nitrogen and oxygen atoms in total. The fourth-order valence-electron chi connectivity index (χ4n) is 0.506. The van der Waals surface area contributed by atoms with E-state index in [0.29, 0.717) is 5.76 Å². The van der Waals surface area contributed by atoms with Crippen molar-refractivity contribution in [1.29, 1.82) is 0 Å². The van der Waals surface area contributed by atoms with Gasteiger partial charge >= 0.3 is 0 Å². The number of hydrogen-bond acceptors (Lipinski definition) is 1. The lowest BCUT2D eigenvalue weighted by Gasteiger charge is -1.97. The van der Waals surface area contributed by atoms with Crippen LogP contribution in [-0.4, -0.2) is 5.11 Å². The number of aliphatic hydroxyl groups excluding tert-OH is 1. The van der Waals surface area contributed by atoms with Gasteiger partial charge in [-0.05, 0) is 18.9 Å². The van der Waals surface area contributed by atoms with Crippen LogP contribution in [0, 0.1) is 0 Å². The van der Waals surface area contributed by atoms with Crippen LogP contribution in [0.25, 0.3) is 0 Å². The predicted octanol–water partition coefficient (Wildman–Crippen LogP) is 2.64. The van der Waals surface area contributed by atoms with E-state index in [1.165, 1.54) is 0 Å². The van der Waals surface area contributed by atoms with Gasteiger partial charge in [-0.25, -0.2) is 0 Å². The zero-order valence-corrected chi connectivity index (χ0v) is 5.86. The molecule has 0 saturated carbocycles. The smallest absolute Gasteiger partial charge is 0.0908 e. The molecule has 0 spiro atoms. The highest BCUT2D eigenvalue weighted by Crippen LogP contribution is 2.06. The minimum Gasteiger partial charge on any atom is -0.512 e. The van der Waals surface area contributed by atoms with Crippen molar-refractivity contribution in [3.05, 3.63) is 11.3 Å². The lowest BCUT2D eigenvalue weighted by Crippen LogP contribution is -1.82. The summed E-state index contributed by atoms with van der Waals surface area (Å²) in [6.07, 6.45) is 1.72. The first-order chi connectivity index (χ1) is 3.72. The maximum atomic E-state index is 9.01. The summed E-state index contributed by atoms with van der Waals surface area (Å²) in [6, 6.07) is 0. The molecule has 0 fully saturated rings. The third kappa shape index (κ3) is 2.01. The number of allylic oxidation sites excluding steroid dienone is 2. The molecule has 0 rings (SSSR count). The van der Waals surface area contributed by atoms with Crippen molar-refractivity contribution in [2.45, 2.75) is 33.6 Å². The molecule has 0 aromatic rings. The SMILES string of the molecule is CC/C(C)=C(/O)CC. The molecule has 8 heavy (non-hydrogen) atoms. The Morgan fingerprint density at radius 1 is 1.25 bits per heavy atom. The molecular weight excluding hydrogens is 100 g/mol. The van der Waals surface area contributed by atoms with Crippen LogP contribution in [0.5, 0.6) is 0 Å². The third-order valence-electron chi connectivity index (χ3n) is 1.36. The second-order valence-corrected chi connectivity index (χ2v) is 1.93. The lowest BCUT2D eigenvalue weighted by molar-refractivity contribution is 0.385. The van der Waals surface area contributed by atoms with Gasteiger partial charge in [0.05, 0.1) is 5.76 Å². The van der Waals surface area contributed by atoms with Gasteiger partial charge in [0.15, 0.2) is 0 Å². The molecule has 1 heteroatoms. The van der Waals surface area contributed by atoms with Crippen molar-refractivity contribution >= 4 is 0 Å². The van der Waals surface area contributed by atoms with E-state index in [4.69, 9.17) is 5.11 Å². The van der Waals surface area contributed by atoms with E-state index in [1.807, 2.05) is 20.8 Å². The minimum absolute atomic E-state index is 0.549. The molecule has 0 aromatic heterocycles. The van der Waals surface area contributed by atoms with E-state index in [0.717, 1.165) is 18.4 Å². The zero-order chi connectivity index (χ0) is 6.57. The standard InChI is InChI=1S/C7H14O/c1-4-6(3)7(8)5-2/h8H,4-5H2,1-3H3/b7-6+. The topological polar surface area (TPSA) is 20.2 Å². The van der Waals surface area contributed by atoms with Gasteiger partial charge < -0.3 is 5.11 Å². The molecule has 0 radical (unpaired) electrons. The molecule has 0 aromatic carbocycles. The van der Waals surface area contributed by atoms with Crippen molar-refractivity contribution < 1.29 is 5.11 Å². The average Bonchev–Trinajstić information content (AvgIpc) is 1.84. The van der Waals surface area contributed by atoms with E-state index < -0.39 is 0 Å². The quantitative estimate of drug-likeness (QED) is 0.547. The molecule has 0 aliphatic rings. The second kappa shape index (κ2) is 3.53. The van der Waals surface area contributed by atoms with E-state index in [2.05, 4.69) is 0 Å². The van der Waals surface area contributed by atoms with Crippen LogP contribution in [0.3, 0.4) is 0 Å². The highest BCUT2D eigenvalue weighted by Gasteiger charge is 1.91. The highest BCUT2D eigenvalue weighted by atomic mass is 16.3. The minimum atomic E-state index is 0.549.